The zero-order valence-electron chi connectivity index (χ0n) is 14.6. The average Bonchev–Trinajstić information content (AvgIpc) is 3.33. The van der Waals surface area contributed by atoms with Crippen LogP contribution in [0.15, 0.2) is 53.9 Å². The van der Waals surface area contributed by atoms with Gasteiger partial charge in [-0.2, -0.15) is 0 Å². The van der Waals surface area contributed by atoms with Crippen LogP contribution >= 0.6 is 11.8 Å². The lowest BCUT2D eigenvalue weighted by atomic mass is 10.1. The van der Waals surface area contributed by atoms with E-state index in [0.717, 1.165) is 47.5 Å². The van der Waals surface area contributed by atoms with Gasteiger partial charge >= 0.3 is 0 Å². The molecule has 136 valence electrons. The molecule has 5 nitrogen and oxygen atoms in total. The van der Waals surface area contributed by atoms with Gasteiger partial charge in [0.15, 0.2) is 0 Å². The zero-order valence-corrected chi connectivity index (χ0v) is 15.4. The highest BCUT2D eigenvalue weighted by atomic mass is 32.2. The topological polar surface area (TPSA) is 60.2 Å². The Kier molecular flexibility index (Phi) is 5.53. The van der Waals surface area contributed by atoms with E-state index in [-0.39, 0.29) is 18.9 Å². The summed E-state index contributed by atoms with van der Waals surface area (Å²) in [6.07, 6.45) is 7.54. The van der Waals surface area contributed by atoms with Crippen molar-refractivity contribution in [1.29, 1.82) is 0 Å². The molecule has 0 saturated carbocycles. The van der Waals surface area contributed by atoms with Crippen LogP contribution in [0.4, 0.5) is 0 Å². The van der Waals surface area contributed by atoms with Crippen molar-refractivity contribution >= 4 is 22.8 Å². The highest BCUT2D eigenvalue weighted by Crippen LogP contribution is 2.33. The number of benzene rings is 1. The number of nitrogens with zero attached hydrogens (tertiary/aromatic N) is 3. The first kappa shape index (κ1) is 17.5. The first-order chi connectivity index (χ1) is 12.8. The lowest BCUT2D eigenvalue weighted by Crippen LogP contribution is -2.14. The molecule has 3 aromatic rings. The van der Waals surface area contributed by atoms with E-state index in [4.69, 9.17) is 4.74 Å². The average molecular weight is 369 g/mol. The molecule has 2 atom stereocenters. The molecule has 0 bridgehead atoms. The fourth-order valence-corrected chi connectivity index (χ4v) is 4.33. The van der Waals surface area contributed by atoms with Crippen LogP contribution in [0, 0.1) is 0 Å². The van der Waals surface area contributed by atoms with E-state index in [1.807, 2.05) is 6.20 Å². The molecule has 2 aromatic heterocycles. The maximum absolute atomic E-state index is 9.28. The van der Waals surface area contributed by atoms with E-state index in [9.17, 15) is 5.11 Å². The maximum Gasteiger partial charge on any atom is 0.146 e. The van der Waals surface area contributed by atoms with Crippen molar-refractivity contribution in [1.82, 2.24) is 14.5 Å². The number of ether oxygens (including phenoxy) is 1. The molecule has 0 aliphatic carbocycles. The predicted octanol–water partition coefficient (Wildman–Crippen LogP) is 3.83. The maximum atomic E-state index is 9.28. The Morgan fingerprint density at radius 2 is 2.04 bits per heavy atom. The molecule has 1 aromatic carbocycles. The van der Waals surface area contributed by atoms with Gasteiger partial charge in [-0.15, -0.1) is 11.8 Å². The fraction of sp³-hybridized carbons (Fsp3) is 0.400. The Morgan fingerprint density at radius 1 is 1.15 bits per heavy atom. The molecular formula is C20H23N3O2S. The van der Waals surface area contributed by atoms with E-state index in [0.29, 0.717) is 0 Å². The minimum absolute atomic E-state index is 0.0459. The zero-order chi connectivity index (χ0) is 17.8. The van der Waals surface area contributed by atoms with Gasteiger partial charge in [0.05, 0.1) is 18.1 Å². The minimum atomic E-state index is -0.0638. The molecule has 4 rings (SSSR count). The molecule has 1 N–H and O–H groups in total. The molecule has 26 heavy (non-hydrogen) atoms. The number of aliphatic hydroxyl groups is 1. The molecule has 1 saturated heterocycles. The van der Waals surface area contributed by atoms with E-state index in [2.05, 4.69) is 50.9 Å². The van der Waals surface area contributed by atoms with Crippen molar-refractivity contribution in [3.63, 3.8) is 0 Å². The van der Waals surface area contributed by atoms with Gasteiger partial charge in [-0.1, -0.05) is 30.3 Å². The number of rotatable bonds is 7. The van der Waals surface area contributed by atoms with Crippen molar-refractivity contribution in [3.05, 3.63) is 54.5 Å². The third kappa shape index (κ3) is 3.77. The Balaban J connectivity index is 1.42. The number of fused-ring (bicyclic) bond motifs is 1. The van der Waals surface area contributed by atoms with Crippen LogP contribution in [0.25, 0.3) is 11.0 Å². The smallest absolute Gasteiger partial charge is 0.146 e. The van der Waals surface area contributed by atoms with Crippen LogP contribution in [-0.2, 0) is 11.2 Å². The molecule has 2 unspecified atom stereocenters. The molecule has 0 spiro atoms. The minimum Gasteiger partial charge on any atom is -0.394 e. The molecular weight excluding hydrogens is 346 g/mol. The Bertz CT molecular complexity index is 853. The van der Waals surface area contributed by atoms with Crippen LogP contribution < -0.4 is 0 Å². The van der Waals surface area contributed by atoms with Crippen LogP contribution in [0.2, 0.25) is 0 Å². The summed E-state index contributed by atoms with van der Waals surface area (Å²) < 4.78 is 7.97. The summed E-state index contributed by atoms with van der Waals surface area (Å²) in [7, 11) is 0. The highest BCUT2D eigenvalue weighted by Gasteiger charge is 2.27. The molecule has 1 aliphatic rings. The summed E-state index contributed by atoms with van der Waals surface area (Å²) in [5, 5.41) is 11.4. The van der Waals surface area contributed by atoms with Gasteiger partial charge < -0.3 is 14.4 Å². The van der Waals surface area contributed by atoms with Crippen LogP contribution in [0.3, 0.4) is 0 Å². The van der Waals surface area contributed by atoms with Gasteiger partial charge in [-0.05, 0) is 43.1 Å². The van der Waals surface area contributed by atoms with Crippen molar-refractivity contribution in [2.24, 2.45) is 0 Å². The lowest BCUT2D eigenvalue weighted by Gasteiger charge is -2.14. The Hall–Kier alpha value is -1.89. The number of hydrogen-bond acceptors (Lipinski definition) is 5. The second-order valence-corrected chi connectivity index (χ2v) is 7.63. The molecule has 0 radical (unpaired) electrons. The molecule has 6 heteroatoms. The third-order valence-corrected chi connectivity index (χ3v) is 5.85. The molecule has 3 heterocycles. The number of aromatic nitrogens is 3. The first-order valence-corrected chi connectivity index (χ1v) is 10.1. The monoisotopic (exact) mass is 369 g/mol. The van der Waals surface area contributed by atoms with Crippen LogP contribution in [0.5, 0.6) is 0 Å². The summed E-state index contributed by atoms with van der Waals surface area (Å²) in [4.78, 5) is 8.95. The third-order valence-electron chi connectivity index (χ3n) is 4.76. The fourth-order valence-electron chi connectivity index (χ4n) is 3.41. The normalized spacial score (nSPS) is 20.0. The van der Waals surface area contributed by atoms with Crippen molar-refractivity contribution in [2.75, 3.05) is 12.4 Å². The number of hydrogen-bond donors (Lipinski definition) is 1. The van der Waals surface area contributed by atoms with Gasteiger partial charge in [0.25, 0.3) is 0 Å². The molecule has 1 fully saturated rings. The second-order valence-electron chi connectivity index (χ2n) is 6.55. The highest BCUT2D eigenvalue weighted by molar-refractivity contribution is 7.99. The largest absolute Gasteiger partial charge is 0.394 e. The summed E-state index contributed by atoms with van der Waals surface area (Å²) in [6.45, 7) is 0.0766. The van der Waals surface area contributed by atoms with Gasteiger partial charge in [0.2, 0.25) is 0 Å². The molecule has 1 aliphatic heterocycles. The summed E-state index contributed by atoms with van der Waals surface area (Å²) >= 11 is 1.78. The quantitative estimate of drug-likeness (QED) is 0.390. The SMILES string of the molecule is OCC1CCC(n2ccc3c(SCCCc4ccccc4)ncnc32)O1. The standard InChI is InChI=1S/C20H23N3O2S/c24-13-16-8-9-18(25-16)23-11-10-17-19(23)21-14-22-20(17)26-12-4-7-15-5-2-1-3-6-15/h1-3,5-6,10-11,14,16,18,24H,4,7-9,12-13H2. The Morgan fingerprint density at radius 3 is 2.85 bits per heavy atom. The predicted molar refractivity (Wildman–Crippen MR) is 103 cm³/mol. The first-order valence-electron chi connectivity index (χ1n) is 9.10. The van der Waals surface area contributed by atoms with Crippen molar-refractivity contribution in [2.45, 2.75) is 43.0 Å². The van der Waals surface area contributed by atoms with E-state index in [1.54, 1.807) is 18.1 Å². The van der Waals surface area contributed by atoms with E-state index in [1.165, 1.54) is 5.56 Å². The van der Waals surface area contributed by atoms with Crippen molar-refractivity contribution < 1.29 is 9.84 Å². The Labute approximate surface area is 157 Å². The van der Waals surface area contributed by atoms with E-state index >= 15 is 0 Å². The van der Waals surface area contributed by atoms with Gasteiger partial charge in [-0.25, -0.2) is 9.97 Å². The number of aliphatic hydroxyl groups excluding tert-OH is 1. The molecule has 0 amide bonds. The van der Waals surface area contributed by atoms with Crippen molar-refractivity contribution in [3.8, 4) is 0 Å². The lowest BCUT2D eigenvalue weighted by molar-refractivity contribution is -0.0204. The summed E-state index contributed by atoms with van der Waals surface area (Å²) in [5.41, 5.74) is 2.29. The van der Waals surface area contributed by atoms with Crippen LogP contribution in [0.1, 0.15) is 31.1 Å². The van der Waals surface area contributed by atoms with Crippen LogP contribution in [-0.4, -0.2) is 38.1 Å². The van der Waals surface area contributed by atoms with Gasteiger partial charge in [0, 0.05) is 6.20 Å². The van der Waals surface area contributed by atoms with E-state index < -0.39 is 0 Å². The van der Waals surface area contributed by atoms with Gasteiger partial charge in [-0.3, -0.25) is 0 Å². The number of aryl methyl sites for hydroxylation is 1. The number of thioether (sulfide) groups is 1. The summed E-state index contributed by atoms with van der Waals surface area (Å²) in [6, 6.07) is 12.7. The second kappa shape index (κ2) is 8.20. The summed E-state index contributed by atoms with van der Waals surface area (Å²) in [5.74, 6) is 1.03. The van der Waals surface area contributed by atoms with Gasteiger partial charge in [0.1, 0.15) is 23.2 Å².